The predicted molar refractivity (Wildman–Crippen MR) is 117 cm³/mol. The van der Waals surface area contributed by atoms with E-state index in [9.17, 15) is 9.18 Å². The second kappa shape index (κ2) is 9.49. The molecule has 6 nitrogen and oxygen atoms in total. The number of carbonyl (C=O) groups is 1. The largest absolute Gasteiger partial charge is 0.471 e. The highest BCUT2D eigenvalue weighted by Crippen LogP contribution is 2.22. The number of halogens is 2. The van der Waals surface area contributed by atoms with Crippen LogP contribution in [0.15, 0.2) is 54.7 Å². The predicted octanol–water partition coefficient (Wildman–Crippen LogP) is 3.98. The van der Waals surface area contributed by atoms with Crippen molar-refractivity contribution in [1.82, 2.24) is 19.6 Å². The van der Waals surface area contributed by atoms with Crippen molar-refractivity contribution in [2.45, 2.75) is 20.2 Å². The molecule has 1 aliphatic rings. The molecular weight excluding hydrogens is 419 g/mol. The van der Waals surface area contributed by atoms with Crippen molar-refractivity contribution in [1.29, 1.82) is 0 Å². The first-order valence-corrected chi connectivity index (χ1v) is 10.6. The van der Waals surface area contributed by atoms with E-state index in [1.807, 2.05) is 31.2 Å². The fourth-order valence-electron chi connectivity index (χ4n) is 3.58. The van der Waals surface area contributed by atoms with Crippen LogP contribution in [-0.2, 0) is 13.3 Å². The number of hydrogen-bond donors (Lipinski definition) is 0. The molecule has 0 saturated carbocycles. The minimum atomic E-state index is -0.301. The van der Waals surface area contributed by atoms with E-state index in [1.54, 1.807) is 34.0 Å². The zero-order valence-electron chi connectivity index (χ0n) is 17.3. The summed E-state index contributed by atoms with van der Waals surface area (Å²) in [4.78, 5) is 16.7. The van der Waals surface area contributed by atoms with Crippen molar-refractivity contribution in [2.24, 2.45) is 0 Å². The summed E-state index contributed by atoms with van der Waals surface area (Å²) in [5, 5.41) is 4.79. The lowest BCUT2D eigenvalue weighted by atomic mass is 10.1. The fraction of sp³-hybridized carbons (Fsp3) is 0.304. The van der Waals surface area contributed by atoms with Gasteiger partial charge in [0.05, 0.1) is 0 Å². The third-order valence-electron chi connectivity index (χ3n) is 5.41. The Balaban J connectivity index is 1.30. The van der Waals surface area contributed by atoms with E-state index in [1.165, 1.54) is 6.07 Å². The molecule has 1 aromatic heterocycles. The van der Waals surface area contributed by atoms with Gasteiger partial charge in [-0.1, -0.05) is 35.9 Å². The highest BCUT2D eigenvalue weighted by atomic mass is 35.5. The molecule has 0 radical (unpaired) electrons. The van der Waals surface area contributed by atoms with Crippen LogP contribution in [0.3, 0.4) is 0 Å². The maximum absolute atomic E-state index is 14.0. The molecule has 8 heteroatoms. The number of rotatable bonds is 6. The molecule has 0 bridgehead atoms. The summed E-state index contributed by atoms with van der Waals surface area (Å²) < 4.78 is 21.4. The van der Waals surface area contributed by atoms with Crippen LogP contribution in [-0.4, -0.2) is 51.7 Å². The van der Waals surface area contributed by atoms with E-state index in [4.69, 9.17) is 16.3 Å². The first kappa shape index (κ1) is 21.3. The third kappa shape index (κ3) is 5.06. The van der Waals surface area contributed by atoms with Gasteiger partial charge in [-0.25, -0.2) is 9.07 Å². The summed E-state index contributed by atoms with van der Waals surface area (Å²) in [5.74, 6) is 0.375. The molecule has 1 amide bonds. The average Bonchev–Trinajstić information content (AvgIpc) is 3.25. The molecule has 0 aliphatic carbocycles. The van der Waals surface area contributed by atoms with Crippen LogP contribution in [0, 0.1) is 12.7 Å². The maximum Gasteiger partial charge on any atom is 0.274 e. The Morgan fingerprint density at radius 1 is 1.10 bits per heavy atom. The minimum absolute atomic E-state index is 0.113. The monoisotopic (exact) mass is 442 g/mol. The number of aromatic nitrogens is 2. The minimum Gasteiger partial charge on any atom is -0.471 e. The number of nitrogens with zero attached hydrogens (tertiary/aromatic N) is 4. The fourth-order valence-corrected chi connectivity index (χ4v) is 3.80. The Morgan fingerprint density at radius 2 is 1.87 bits per heavy atom. The summed E-state index contributed by atoms with van der Waals surface area (Å²) >= 11 is 6.13. The van der Waals surface area contributed by atoms with E-state index < -0.39 is 0 Å². The zero-order chi connectivity index (χ0) is 21.8. The van der Waals surface area contributed by atoms with Gasteiger partial charge in [-0.3, -0.25) is 9.69 Å². The Kier molecular flexibility index (Phi) is 6.53. The van der Waals surface area contributed by atoms with Gasteiger partial charge in [0, 0.05) is 49.5 Å². The topological polar surface area (TPSA) is 50.6 Å². The number of piperazine rings is 1. The Labute approximate surface area is 185 Å². The highest BCUT2D eigenvalue weighted by Gasteiger charge is 2.24. The van der Waals surface area contributed by atoms with Crippen LogP contribution in [0.25, 0.3) is 0 Å². The standard InChI is InChI=1S/C23H24ClFN4O2/c1-17-5-2-3-8-22(17)31-16-29-10-9-21(26-29)23(30)28-13-11-27(12-14-28)15-18-19(24)6-4-7-20(18)25/h2-10H,11-16H2,1H3. The van der Waals surface area contributed by atoms with Gasteiger partial charge < -0.3 is 9.64 Å². The van der Waals surface area contributed by atoms with E-state index in [0.717, 1.165) is 11.3 Å². The van der Waals surface area contributed by atoms with Crippen LogP contribution in [0.1, 0.15) is 21.6 Å². The molecule has 162 valence electrons. The van der Waals surface area contributed by atoms with E-state index >= 15 is 0 Å². The number of benzene rings is 2. The number of para-hydroxylation sites is 1. The van der Waals surface area contributed by atoms with E-state index in [0.29, 0.717) is 49.0 Å². The van der Waals surface area contributed by atoms with Crippen LogP contribution in [0.2, 0.25) is 5.02 Å². The van der Waals surface area contributed by atoms with Crippen molar-refractivity contribution < 1.29 is 13.9 Å². The number of ether oxygens (including phenoxy) is 1. The van der Waals surface area contributed by atoms with Crippen molar-refractivity contribution in [3.05, 3.63) is 82.4 Å². The lowest BCUT2D eigenvalue weighted by molar-refractivity contribution is 0.0619. The van der Waals surface area contributed by atoms with Gasteiger partial charge >= 0.3 is 0 Å². The molecule has 0 spiro atoms. The zero-order valence-corrected chi connectivity index (χ0v) is 18.1. The van der Waals surface area contributed by atoms with E-state index in [-0.39, 0.29) is 18.5 Å². The van der Waals surface area contributed by atoms with Crippen molar-refractivity contribution >= 4 is 17.5 Å². The first-order chi connectivity index (χ1) is 15.0. The lowest BCUT2D eigenvalue weighted by Crippen LogP contribution is -2.48. The van der Waals surface area contributed by atoms with Crippen molar-refractivity contribution in [3.63, 3.8) is 0 Å². The van der Waals surface area contributed by atoms with Gasteiger partial charge in [0.2, 0.25) is 0 Å². The molecule has 1 fully saturated rings. The second-order valence-corrected chi connectivity index (χ2v) is 7.96. The molecular formula is C23H24ClFN4O2. The molecule has 2 heterocycles. The third-order valence-corrected chi connectivity index (χ3v) is 5.76. The number of aryl methyl sites for hydroxylation is 1. The number of carbonyl (C=O) groups excluding carboxylic acids is 1. The van der Waals surface area contributed by atoms with Gasteiger partial charge in [0.15, 0.2) is 12.4 Å². The quantitative estimate of drug-likeness (QED) is 0.579. The molecule has 0 unspecified atom stereocenters. The first-order valence-electron chi connectivity index (χ1n) is 10.2. The molecule has 2 aromatic carbocycles. The van der Waals surface area contributed by atoms with E-state index in [2.05, 4.69) is 10.00 Å². The number of amides is 1. The van der Waals surface area contributed by atoms with Crippen LogP contribution in [0.5, 0.6) is 5.75 Å². The molecule has 1 saturated heterocycles. The normalized spacial score (nSPS) is 14.6. The SMILES string of the molecule is Cc1ccccc1OCn1ccc(C(=O)N2CCN(Cc3c(F)cccc3Cl)CC2)n1. The van der Waals surface area contributed by atoms with Crippen molar-refractivity contribution in [2.75, 3.05) is 26.2 Å². The average molecular weight is 443 g/mol. The highest BCUT2D eigenvalue weighted by molar-refractivity contribution is 6.31. The number of hydrogen-bond acceptors (Lipinski definition) is 4. The summed E-state index contributed by atoms with van der Waals surface area (Å²) in [6.07, 6.45) is 1.74. The summed E-state index contributed by atoms with van der Waals surface area (Å²) in [5.41, 5.74) is 1.93. The van der Waals surface area contributed by atoms with Crippen LogP contribution >= 0.6 is 11.6 Å². The van der Waals surface area contributed by atoms with Gasteiger partial charge in [0.1, 0.15) is 11.6 Å². The van der Waals surface area contributed by atoms with Gasteiger partial charge in [-0.05, 0) is 36.8 Å². The molecule has 0 N–H and O–H groups in total. The van der Waals surface area contributed by atoms with Gasteiger partial charge in [0.25, 0.3) is 5.91 Å². The molecule has 1 aliphatic heterocycles. The van der Waals surface area contributed by atoms with Crippen LogP contribution < -0.4 is 4.74 Å². The Bertz CT molecular complexity index is 1040. The summed E-state index contributed by atoms with van der Waals surface area (Å²) in [6.45, 7) is 5.04. The van der Waals surface area contributed by atoms with Crippen molar-refractivity contribution in [3.8, 4) is 5.75 Å². The Hall–Kier alpha value is -2.90. The van der Waals surface area contributed by atoms with Gasteiger partial charge in [-0.2, -0.15) is 5.10 Å². The molecule has 31 heavy (non-hydrogen) atoms. The lowest BCUT2D eigenvalue weighted by Gasteiger charge is -2.34. The molecule has 3 aromatic rings. The Morgan fingerprint density at radius 3 is 2.61 bits per heavy atom. The summed E-state index contributed by atoms with van der Waals surface area (Å²) in [7, 11) is 0. The smallest absolute Gasteiger partial charge is 0.274 e. The maximum atomic E-state index is 14.0. The summed E-state index contributed by atoms with van der Waals surface area (Å²) in [6, 6.07) is 14.2. The molecule has 0 atom stereocenters. The second-order valence-electron chi connectivity index (χ2n) is 7.55. The van der Waals surface area contributed by atoms with Gasteiger partial charge in [-0.15, -0.1) is 0 Å². The molecule has 4 rings (SSSR count). The van der Waals surface area contributed by atoms with Crippen LogP contribution in [0.4, 0.5) is 4.39 Å².